The van der Waals surface area contributed by atoms with Crippen LogP contribution in [0.4, 0.5) is 4.79 Å². The largest absolute Gasteiger partial charge is 0.325 e. The highest BCUT2D eigenvalue weighted by atomic mass is 16.2. The molecule has 4 rings (SSSR count). The summed E-state index contributed by atoms with van der Waals surface area (Å²) in [5.41, 5.74) is 0.198. The Morgan fingerprint density at radius 3 is 1.96 bits per heavy atom. The fourth-order valence-corrected chi connectivity index (χ4v) is 4.18. The molecule has 0 atom stereocenters. The van der Waals surface area contributed by atoms with Gasteiger partial charge in [-0.1, -0.05) is 25.0 Å². The molecule has 7 nitrogen and oxygen atoms in total. The van der Waals surface area contributed by atoms with E-state index < -0.39 is 5.54 Å². The number of carbonyl (C=O) groups excluding carboxylic acids is 4. The van der Waals surface area contributed by atoms with Crippen LogP contribution >= 0.6 is 0 Å². The third kappa shape index (κ3) is 2.50. The molecule has 0 radical (unpaired) electrons. The number of hydrogen-bond donors (Lipinski definition) is 1. The summed E-state index contributed by atoms with van der Waals surface area (Å²) >= 11 is 0. The van der Waals surface area contributed by atoms with Gasteiger partial charge in [-0.2, -0.15) is 0 Å². The van der Waals surface area contributed by atoms with E-state index in [0.29, 0.717) is 49.9 Å². The summed E-state index contributed by atoms with van der Waals surface area (Å²) in [7, 11) is 0. The van der Waals surface area contributed by atoms with Crippen LogP contribution in [0.15, 0.2) is 24.3 Å². The van der Waals surface area contributed by atoms with Gasteiger partial charge in [-0.25, -0.2) is 4.79 Å². The molecule has 0 unspecified atom stereocenters. The molecule has 5 amide bonds. The molecule has 1 aromatic rings. The van der Waals surface area contributed by atoms with Crippen LogP contribution in [-0.4, -0.2) is 52.2 Å². The number of hydrogen-bond acceptors (Lipinski definition) is 4. The van der Waals surface area contributed by atoms with Gasteiger partial charge in [0, 0.05) is 13.1 Å². The fraction of sp³-hybridized carbons (Fsp3) is 0.474. The molecule has 1 saturated heterocycles. The minimum atomic E-state index is -0.681. The second kappa shape index (κ2) is 6.23. The first-order chi connectivity index (χ1) is 12.5. The molecule has 2 fully saturated rings. The highest BCUT2D eigenvalue weighted by Gasteiger charge is 2.52. The van der Waals surface area contributed by atoms with Crippen LogP contribution in [0, 0.1) is 0 Å². The quantitative estimate of drug-likeness (QED) is 0.497. The van der Waals surface area contributed by atoms with E-state index in [-0.39, 0.29) is 23.8 Å². The van der Waals surface area contributed by atoms with Crippen molar-refractivity contribution in [1.29, 1.82) is 0 Å². The molecule has 0 aromatic heterocycles. The number of carbonyl (C=O) groups is 4. The van der Waals surface area contributed by atoms with Crippen LogP contribution in [0.2, 0.25) is 0 Å². The van der Waals surface area contributed by atoms with Crippen molar-refractivity contribution in [1.82, 2.24) is 15.1 Å². The Kier molecular flexibility index (Phi) is 4.01. The van der Waals surface area contributed by atoms with Gasteiger partial charge in [0.15, 0.2) is 0 Å². The second-order valence-electron chi connectivity index (χ2n) is 7.19. The predicted molar refractivity (Wildman–Crippen MR) is 92.5 cm³/mol. The molecule has 3 aliphatic rings. The lowest BCUT2D eigenvalue weighted by molar-refractivity contribution is -0.131. The first kappa shape index (κ1) is 16.8. The van der Waals surface area contributed by atoms with Crippen molar-refractivity contribution in [2.45, 2.75) is 44.1 Å². The SMILES string of the molecule is O=C1NC2(CCCC2)C(=O)N1CCCCN1C(=O)c2ccccc2C1=O. The Morgan fingerprint density at radius 2 is 1.38 bits per heavy atom. The molecule has 26 heavy (non-hydrogen) atoms. The molecular formula is C19H21N3O4. The second-order valence-corrected chi connectivity index (χ2v) is 7.19. The van der Waals surface area contributed by atoms with E-state index in [4.69, 9.17) is 0 Å². The Labute approximate surface area is 151 Å². The van der Waals surface area contributed by atoms with Gasteiger partial charge in [0.25, 0.3) is 17.7 Å². The van der Waals surface area contributed by atoms with E-state index in [0.717, 1.165) is 12.8 Å². The van der Waals surface area contributed by atoms with Gasteiger partial charge in [-0.3, -0.25) is 24.2 Å². The molecule has 136 valence electrons. The van der Waals surface area contributed by atoms with Crippen LogP contribution in [0.25, 0.3) is 0 Å². The highest BCUT2D eigenvalue weighted by molar-refractivity contribution is 6.21. The number of nitrogens with zero attached hydrogens (tertiary/aromatic N) is 2. The van der Waals surface area contributed by atoms with Gasteiger partial charge in [-0.15, -0.1) is 0 Å². The van der Waals surface area contributed by atoms with Gasteiger partial charge in [0.1, 0.15) is 5.54 Å². The molecule has 1 N–H and O–H groups in total. The molecule has 7 heteroatoms. The van der Waals surface area contributed by atoms with Crippen LogP contribution in [0.3, 0.4) is 0 Å². The number of imide groups is 2. The van der Waals surface area contributed by atoms with Gasteiger partial charge < -0.3 is 5.32 Å². The van der Waals surface area contributed by atoms with Crippen molar-refractivity contribution in [3.8, 4) is 0 Å². The van der Waals surface area contributed by atoms with Gasteiger partial charge in [0.2, 0.25) is 0 Å². The summed E-state index contributed by atoms with van der Waals surface area (Å²) in [4.78, 5) is 51.8. The van der Waals surface area contributed by atoms with Crippen LogP contribution in [0.1, 0.15) is 59.2 Å². The molecule has 2 heterocycles. The molecule has 2 aliphatic heterocycles. The summed E-state index contributed by atoms with van der Waals surface area (Å²) in [6.45, 7) is 0.608. The number of rotatable bonds is 5. The lowest BCUT2D eigenvalue weighted by Gasteiger charge is -2.20. The molecule has 1 saturated carbocycles. The predicted octanol–water partition coefficient (Wildman–Crippen LogP) is 1.93. The zero-order chi connectivity index (χ0) is 18.3. The number of nitrogens with one attached hydrogen (secondary N) is 1. The normalized spacial score (nSPS) is 21.1. The summed E-state index contributed by atoms with van der Waals surface area (Å²) in [6, 6.07) is 6.47. The van der Waals surface area contributed by atoms with E-state index in [2.05, 4.69) is 5.32 Å². The maximum atomic E-state index is 12.6. The Bertz CT molecular complexity index is 763. The van der Waals surface area contributed by atoms with E-state index in [1.54, 1.807) is 24.3 Å². The minimum absolute atomic E-state index is 0.124. The average molecular weight is 355 g/mol. The Hall–Kier alpha value is -2.70. The monoisotopic (exact) mass is 355 g/mol. The lowest BCUT2D eigenvalue weighted by Crippen LogP contribution is -2.44. The van der Waals surface area contributed by atoms with Gasteiger partial charge in [-0.05, 0) is 37.8 Å². The standard InChI is InChI=1S/C19H21N3O4/c23-15-13-7-1-2-8-14(13)16(24)21(15)11-5-6-12-22-17(25)19(20-18(22)26)9-3-4-10-19/h1-2,7-8H,3-6,9-12H2,(H,20,26). The molecule has 1 aromatic carbocycles. The molecule has 1 spiro atoms. The smallest absolute Gasteiger partial charge is 0.323 e. The number of benzene rings is 1. The van der Waals surface area contributed by atoms with E-state index in [9.17, 15) is 19.2 Å². The number of amides is 5. The lowest BCUT2D eigenvalue weighted by atomic mass is 9.98. The van der Waals surface area contributed by atoms with E-state index >= 15 is 0 Å². The topological polar surface area (TPSA) is 86.8 Å². The minimum Gasteiger partial charge on any atom is -0.323 e. The molecule has 1 aliphatic carbocycles. The van der Waals surface area contributed by atoms with E-state index in [1.807, 2.05) is 0 Å². The zero-order valence-electron chi connectivity index (χ0n) is 14.5. The van der Waals surface area contributed by atoms with Crippen molar-refractivity contribution in [3.63, 3.8) is 0 Å². The van der Waals surface area contributed by atoms with Crippen LogP contribution in [-0.2, 0) is 4.79 Å². The molecule has 0 bridgehead atoms. The highest BCUT2D eigenvalue weighted by Crippen LogP contribution is 2.35. The maximum absolute atomic E-state index is 12.6. The number of fused-ring (bicyclic) bond motifs is 1. The van der Waals surface area contributed by atoms with Crippen LogP contribution in [0.5, 0.6) is 0 Å². The third-order valence-electron chi connectivity index (χ3n) is 5.59. The summed E-state index contributed by atoms with van der Waals surface area (Å²) in [5, 5.41) is 2.86. The van der Waals surface area contributed by atoms with E-state index in [1.165, 1.54) is 9.80 Å². The van der Waals surface area contributed by atoms with Crippen molar-refractivity contribution in [2.75, 3.05) is 13.1 Å². The third-order valence-corrected chi connectivity index (χ3v) is 5.59. The summed E-state index contributed by atoms with van der Waals surface area (Å²) < 4.78 is 0. The number of urea groups is 1. The summed E-state index contributed by atoms with van der Waals surface area (Å²) in [6.07, 6.45) is 4.45. The summed E-state index contributed by atoms with van der Waals surface area (Å²) in [5.74, 6) is -0.670. The van der Waals surface area contributed by atoms with Crippen molar-refractivity contribution in [2.24, 2.45) is 0 Å². The fourth-order valence-electron chi connectivity index (χ4n) is 4.18. The van der Waals surface area contributed by atoms with Gasteiger partial charge >= 0.3 is 6.03 Å². The van der Waals surface area contributed by atoms with Crippen LogP contribution < -0.4 is 5.32 Å². The van der Waals surface area contributed by atoms with Gasteiger partial charge in [0.05, 0.1) is 11.1 Å². The van der Waals surface area contributed by atoms with Crippen molar-refractivity contribution in [3.05, 3.63) is 35.4 Å². The Balaban J connectivity index is 1.31. The van der Waals surface area contributed by atoms with Crippen molar-refractivity contribution >= 4 is 23.8 Å². The average Bonchev–Trinajstić information content (AvgIpc) is 3.27. The first-order valence-electron chi connectivity index (χ1n) is 9.13. The first-order valence-corrected chi connectivity index (χ1v) is 9.13. The Morgan fingerprint density at radius 1 is 0.846 bits per heavy atom. The molecular weight excluding hydrogens is 334 g/mol. The van der Waals surface area contributed by atoms with Crippen molar-refractivity contribution < 1.29 is 19.2 Å². The zero-order valence-corrected chi connectivity index (χ0v) is 14.5. The number of unbranched alkanes of at least 4 members (excludes halogenated alkanes) is 1. The maximum Gasteiger partial charge on any atom is 0.325 e.